The number of hydrogen-bond acceptors (Lipinski definition) is 5. The van der Waals surface area contributed by atoms with E-state index in [1.807, 2.05) is 0 Å². The molecule has 0 fully saturated rings. The molecule has 0 aliphatic carbocycles. The average molecular weight is 327 g/mol. The van der Waals surface area contributed by atoms with Crippen molar-refractivity contribution >= 4 is 36.6 Å². The van der Waals surface area contributed by atoms with Gasteiger partial charge in [-0.3, -0.25) is 9.59 Å². The Morgan fingerprint density at radius 3 is 2.60 bits per heavy atom. The van der Waals surface area contributed by atoms with E-state index in [0.717, 1.165) is 12.8 Å². The Hall–Kier alpha value is -1.08. The van der Waals surface area contributed by atoms with Crippen molar-refractivity contribution in [1.29, 1.82) is 0 Å². The number of aliphatic carboxylic acids is 1. The minimum Gasteiger partial charge on any atom is -0.480 e. The number of nitrogens with two attached hydrogens (primary N) is 1. The van der Waals surface area contributed by atoms with Crippen LogP contribution in [-0.2, 0) is 4.79 Å². The van der Waals surface area contributed by atoms with Crippen LogP contribution in [0.4, 0.5) is 0 Å². The topological polar surface area (TPSA) is 106 Å². The molecule has 20 heavy (non-hydrogen) atoms. The van der Waals surface area contributed by atoms with E-state index in [-0.39, 0.29) is 37.1 Å². The molecule has 0 bridgehead atoms. The summed E-state index contributed by atoms with van der Waals surface area (Å²) in [5.74, 6) is -0.728. The summed E-state index contributed by atoms with van der Waals surface area (Å²) < 4.78 is 4.96. The summed E-state index contributed by atoms with van der Waals surface area (Å²) in [6.07, 6.45) is 3.41. The van der Waals surface area contributed by atoms with E-state index in [9.17, 15) is 9.59 Å². The second-order valence-electron chi connectivity index (χ2n) is 4.02. The predicted molar refractivity (Wildman–Crippen MR) is 79.9 cm³/mol. The lowest BCUT2D eigenvalue weighted by molar-refractivity contribution is -0.138. The van der Waals surface area contributed by atoms with Crippen LogP contribution in [0, 0.1) is 0 Å². The minimum atomic E-state index is -0.976. The third kappa shape index (κ3) is 8.16. The lowest BCUT2D eigenvalue weighted by atomic mass is 10.1. The Kier molecular flexibility index (Phi) is 12.4. The zero-order chi connectivity index (χ0) is 13.4. The summed E-state index contributed by atoms with van der Waals surface area (Å²) in [4.78, 5) is 21.9. The number of nitrogens with one attached hydrogen (secondary N) is 1. The van der Waals surface area contributed by atoms with Gasteiger partial charge in [-0.1, -0.05) is 6.42 Å². The molecule has 4 N–H and O–H groups in total. The molecule has 0 spiro atoms. The van der Waals surface area contributed by atoms with Crippen molar-refractivity contribution in [3.63, 3.8) is 0 Å². The number of unbranched alkanes of at least 4 members (excludes halogenated alkanes) is 1. The Labute approximate surface area is 129 Å². The molecule has 8 heteroatoms. The highest BCUT2D eigenvalue weighted by Crippen LogP contribution is 2.01. The quantitative estimate of drug-likeness (QED) is 0.469. The highest BCUT2D eigenvalue weighted by molar-refractivity contribution is 5.94. The second kappa shape index (κ2) is 11.7. The Morgan fingerprint density at radius 2 is 2.05 bits per heavy atom. The molecule has 1 rings (SSSR count). The average Bonchev–Trinajstić information content (AvgIpc) is 2.86. The molecule has 0 amide bonds. The van der Waals surface area contributed by atoms with E-state index < -0.39 is 12.0 Å². The van der Waals surface area contributed by atoms with Crippen LogP contribution in [0.1, 0.15) is 29.8 Å². The third-order valence-corrected chi connectivity index (χ3v) is 2.52. The molecule has 0 saturated heterocycles. The number of carboxylic acid groups (broad SMARTS) is 1. The molecule has 0 aliphatic heterocycles. The van der Waals surface area contributed by atoms with Gasteiger partial charge in [0.25, 0.3) is 0 Å². The number of hydrogen-bond donors (Lipinski definition) is 3. The number of carbonyl (C=O) groups excluding carboxylic acids is 1. The van der Waals surface area contributed by atoms with Crippen molar-refractivity contribution in [3.05, 3.63) is 24.2 Å². The molecule has 1 aromatic heterocycles. The molecular weight excluding hydrogens is 307 g/mol. The normalized spacial score (nSPS) is 11.1. The van der Waals surface area contributed by atoms with Gasteiger partial charge in [0.2, 0.25) is 5.78 Å². The van der Waals surface area contributed by atoms with Gasteiger partial charge in [0.1, 0.15) is 6.04 Å². The molecule has 0 saturated carbocycles. The van der Waals surface area contributed by atoms with Crippen molar-refractivity contribution in [2.45, 2.75) is 25.3 Å². The van der Waals surface area contributed by atoms with Crippen molar-refractivity contribution in [3.8, 4) is 0 Å². The van der Waals surface area contributed by atoms with Crippen LogP contribution in [-0.4, -0.2) is 36.0 Å². The van der Waals surface area contributed by atoms with E-state index in [4.69, 9.17) is 15.3 Å². The number of carboxylic acids is 1. The van der Waals surface area contributed by atoms with Gasteiger partial charge in [0, 0.05) is 0 Å². The van der Waals surface area contributed by atoms with E-state index in [1.165, 1.54) is 6.26 Å². The van der Waals surface area contributed by atoms with Gasteiger partial charge < -0.3 is 20.6 Å². The van der Waals surface area contributed by atoms with Crippen molar-refractivity contribution in [2.24, 2.45) is 5.73 Å². The lowest BCUT2D eigenvalue weighted by Crippen LogP contribution is -2.30. The SMILES string of the molecule is Cl.Cl.N[C@@H](CCCCNCC(=O)c1ccco1)C(=O)O. The number of rotatable bonds is 9. The standard InChI is InChI=1S/C12H18N2O4.2ClH/c13-9(12(16)17)4-1-2-6-14-8-10(15)11-5-3-7-18-11;;/h3,5,7,9,14H,1-2,4,6,8,13H2,(H,16,17);2*1H/t9-;;/m0../s1. The molecule has 1 aromatic rings. The molecule has 0 aromatic carbocycles. The maximum Gasteiger partial charge on any atom is 0.320 e. The number of halogens is 2. The summed E-state index contributed by atoms with van der Waals surface area (Å²) >= 11 is 0. The van der Waals surface area contributed by atoms with E-state index >= 15 is 0 Å². The maximum absolute atomic E-state index is 11.5. The summed E-state index contributed by atoms with van der Waals surface area (Å²) in [6.45, 7) is 0.872. The summed E-state index contributed by atoms with van der Waals surface area (Å²) in [6, 6.07) is 2.49. The minimum absolute atomic E-state index is 0. The van der Waals surface area contributed by atoms with Crippen LogP contribution in [0.5, 0.6) is 0 Å². The van der Waals surface area contributed by atoms with Crippen LogP contribution >= 0.6 is 24.8 Å². The fourth-order valence-electron chi connectivity index (χ4n) is 1.46. The Morgan fingerprint density at radius 1 is 1.35 bits per heavy atom. The Balaban J connectivity index is 0. The van der Waals surface area contributed by atoms with Crippen LogP contribution in [0.15, 0.2) is 22.8 Å². The van der Waals surface area contributed by atoms with E-state index in [0.29, 0.717) is 18.7 Å². The maximum atomic E-state index is 11.5. The first-order chi connectivity index (χ1) is 8.61. The number of Topliss-reactive ketones (excluding diaryl/α,β-unsaturated/α-hetero) is 1. The van der Waals surface area contributed by atoms with Gasteiger partial charge in [0.05, 0.1) is 12.8 Å². The summed E-state index contributed by atoms with van der Waals surface area (Å²) in [5, 5.41) is 11.5. The fourth-order valence-corrected chi connectivity index (χ4v) is 1.46. The number of carbonyl (C=O) groups is 2. The van der Waals surface area contributed by atoms with Crippen LogP contribution in [0.25, 0.3) is 0 Å². The first kappa shape index (κ1) is 21.2. The molecule has 1 heterocycles. The zero-order valence-corrected chi connectivity index (χ0v) is 12.5. The number of furan rings is 1. The fraction of sp³-hybridized carbons (Fsp3) is 0.500. The Bertz CT molecular complexity index is 385. The van der Waals surface area contributed by atoms with Crippen molar-refractivity contribution in [1.82, 2.24) is 5.32 Å². The molecule has 6 nitrogen and oxygen atoms in total. The largest absolute Gasteiger partial charge is 0.480 e. The molecule has 0 aliphatic rings. The lowest BCUT2D eigenvalue weighted by Gasteiger charge is -2.06. The first-order valence-electron chi connectivity index (χ1n) is 5.87. The van der Waals surface area contributed by atoms with Crippen molar-refractivity contribution in [2.75, 3.05) is 13.1 Å². The van der Waals surface area contributed by atoms with Gasteiger partial charge in [-0.05, 0) is 31.5 Å². The molecular formula is C12H20Cl2N2O4. The first-order valence-corrected chi connectivity index (χ1v) is 5.87. The van der Waals surface area contributed by atoms with Gasteiger partial charge in [-0.15, -0.1) is 24.8 Å². The highest BCUT2D eigenvalue weighted by Gasteiger charge is 2.10. The van der Waals surface area contributed by atoms with Crippen molar-refractivity contribution < 1.29 is 19.1 Å². The zero-order valence-electron chi connectivity index (χ0n) is 10.9. The molecule has 0 radical (unpaired) electrons. The van der Waals surface area contributed by atoms with Gasteiger partial charge in [-0.25, -0.2) is 0 Å². The van der Waals surface area contributed by atoms with Crippen LogP contribution in [0.2, 0.25) is 0 Å². The monoisotopic (exact) mass is 326 g/mol. The smallest absolute Gasteiger partial charge is 0.320 e. The van der Waals surface area contributed by atoms with Crippen LogP contribution < -0.4 is 11.1 Å². The molecule has 116 valence electrons. The third-order valence-electron chi connectivity index (χ3n) is 2.52. The van der Waals surface area contributed by atoms with Gasteiger partial charge >= 0.3 is 5.97 Å². The van der Waals surface area contributed by atoms with E-state index in [2.05, 4.69) is 5.32 Å². The summed E-state index contributed by atoms with van der Waals surface area (Å²) in [5.41, 5.74) is 5.36. The summed E-state index contributed by atoms with van der Waals surface area (Å²) in [7, 11) is 0. The second-order valence-corrected chi connectivity index (χ2v) is 4.02. The van der Waals surface area contributed by atoms with Crippen LogP contribution in [0.3, 0.4) is 0 Å². The van der Waals surface area contributed by atoms with E-state index in [1.54, 1.807) is 12.1 Å². The van der Waals surface area contributed by atoms with Gasteiger partial charge in [0.15, 0.2) is 5.76 Å². The predicted octanol–water partition coefficient (Wildman–Crippen LogP) is 1.48. The molecule has 1 atom stereocenters. The molecule has 0 unspecified atom stereocenters. The van der Waals surface area contributed by atoms with Gasteiger partial charge in [-0.2, -0.15) is 0 Å². The highest BCUT2D eigenvalue weighted by atomic mass is 35.5. The number of ketones is 1.